The number of aryl methyl sites for hydroxylation is 1. The van der Waals surface area contributed by atoms with Crippen molar-refractivity contribution in [1.29, 1.82) is 0 Å². The average Bonchev–Trinajstić information content (AvgIpc) is 2.21. The van der Waals surface area contributed by atoms with Gasteiger partial charge in [-0.1, -0.05) is 0 Å². The maximum absolute atomic E-state index is 13.8. The molecule has 0 radical (unpaired) electrons. The van der Waals surface area contributed by atoms with Crippen LogP contribution < -0.4 is 5.32 Å². The van der Waals surface area contributed by atoms with E-state index in [0.717, 1.165) is 26.0 Å². The molecule has 1 unspecified atom stereocenters. The Kier molecular flexibility index (Phi) is 3.69. The molecule has 0 heterocycles. The molecule has 0 aliphatic carbocycles. The summed E-state index contributed by atoms with van der Waals surface area (Å²) >= 11 is 0. The molecule has 0 fully saturated rings. The number of amides is 1. The summed E-state index contributed by atoms with van der Waals surface area (Å²) in [6.07, 6.45) is 0. The lowest BCUT2D eigenvalue weighted by molar-refractivity contribution is -0.147. The van der Waals surface area contributed by atoms with Crippen LogP contribution in [-0.2, 0) is 15.1 Å². The number of carboxylic acids is 1. The lowest BCUT2D eigenvalue weighted by Crippen LogP contribution is -2.49. The van der Waals surface area contributed by atoms with E-state index in [-0.39, 0.29) is 5.56 Å². The van der Waals surface area contributed by atoms with Crippen molar-refractivity contribution in [2.24, 2.45) is 0 Å². The molecule has 1 aromatic rings. The van der Waals surface area contributed by atoms with E-state index in [9.17, 15) is 18.4 Å². The van der Waals surface area contributed by atoms with Gasteiger partial charge < -0.3 is 10.4 Å². The molecule has 0 spiro atoms. The lowest BCUT2D eigenvalue weighted by Gasteiger charge is -2.26. The van der Waals surface area contributed by atoms with Gasteiger partial charge in [0.05, 0.1) is 0 Å². The van der Waals surface area contributed by atoms with Gasteiger partial charge in [0.15, 0.2) is 5.54 Å². The maximum atomic E-state index is 13.8. The molecular weight excluding hydrogens is 244 g/mol. The summed E-state index contributed by atoms with van der Waals surface area (Å²) in [5.74, 6) is -3.74. The van der Waals surface area contributed by atoms with E-state index in [1.807, 2.05) is 0 Å². The number of halogens is 2. The zero-order valence-corrected chi connectivity index (χ0v) is 10.2. The predicted octanol–water partition coefficient (Wildman–Crippen LogP) is 1.71. The summed E-state index contributed by atoms with van der Waals surface area (Å²) in [5.41, 5.74) is -2.37. The number of hydrogen-bond acceptors (Lipinski definition) is 2. The van der Waals surface area contributed by atoms with Crippen molar-refractivity contribution in [2.45, 2.75) is 26.3 Å². The van der Waals surface area contributed by atoms with Gasteiger partial charge in [0.25, 0.3) is 0 Å². The van der Waals surface area contributed by atoms with E-state index in [4.69, 9.17) is 5.11 Å². The maximum Gasteiger partial charge on any atom is 0.333 e. The van der Waals surface area contributed by atoms with Crippen molar-refractivity contribution in [3.05, 3.63) is 34.9 Å². The van der Waals surface area contributed by atoms with Gasteiger partial charge in [-0.05, 0) is 31.5 Å². The van der Waals surface area contributed by atoms with E-state index >= 15 is 0 Å². The van der Waals surface area contributed by atoms with Gasteiger partial charge in [0.2, 0.25) is 5.91 Å². The fraction of sp³-hybridized carbons (Fsp3) is 0.333. The number of benzene rings is 1. The first-order valence-corrected chi connectivity index (χ1v) is 5.16. The topological polar surface area (TPSA) is 66.4 Å². The van der Waals surface area contributed by atoms with E-state index in [0.29, 0.717) is 0 Å². The highest BCUT2D eigenvalue weighted by Gasteiger charge is 2.39. The fourth-order valence-electron chi connectivity index (χ4n) is 1.62. The molecule has 0 aliphatic heterocycles. The molecule has 98 valence electrons. The SMILES string of the molecule is CC(=O)NC(C)(C(=O)O)c1cc(F)c(C)cc1F. The van der Waals surface area contributed by atoms with Crippen LogP contribution in [-0.4, -0.2) is 17.0 Å². The Morgan fingerprint density at radius 1 is 1.28 bits per heavy atom. The number of carboxylic acid groups (broad SMARTS) is 1. The van der Waals surface area contributed by atoms with Crippen molar-refractivity contribution in [3.63, 3.8) is 0 Å². The van der Waals surface area contributed by atoms with Crippen molar-refractivity contribution in [1.82, 2.24) is 5.32 Å². The van der Waals surface area contributed by atoms with Crippen LogP contribution in [0.25, 0.3) is 0 Å². The van der Waals surface area contributed by atoms with Crippen LogP contribution >= 0.6 is 0 Å². The Labute approximate surface area is 103 Å². The van der Waals surface area contributed by atoms with Crippen molar-refractivity contribution >= 4 is 11.9 Å². The van der Waals surface area contributed by atoms with Gasteiger partial charge in [-0.3, -0.25) is 4.79 Å². The van der Waals surface area contributed by atoms with Gasteiger partial charge in [0.1, 0.15) is 11.6 Å². The second kappa shape index (κ2) is 4.72. The third-order valence-electron chi connectivity index (χ3n) is 2.64. The summed E-state index contributed by atoms with van der Waals surface area (Å²) in [6, 6.07) is 1.68. The number of nitrogens with one attached hydrogen (secondary N) is 1. The highest BCUT2D eigenvalue weighted by molar-refractivity contribution is 5.86. The number of carbonyl (C=O) groups excluding carboxylic acids is 1. The lowest BCUT2D eigenvalue weighted by atomic mass is 9.90. The zero-order chi connectivity index (χ0) is 14.1. The van der Waals surface area contributed by atoms with Gasteiger partial charge in [-0.15, -0.1) is 0 Å². The average molecular weight is 257 g/mol. The fourth-order valence-corrected chi connectivity index (χ4v) is 1.62. The molecule has 18 heavy (non-hydrogen) atoms. The Bertz CT molecular complexity index is 516. The molecule has 0 bridgehead atoms. The number of hydrogen-bond donors (Lipinski definition) is 2. The smallest absolute Gasteiger partial charge is 0.333 e. The van der Waals surface area contributed by atoms with E-state index in [2.05, 4.69) is 5.32 Å². The minimum atomic E-state index is -2.01. The minimum absolute atomic E-state index is 0.0619. The Hall–Kier alpha value is -1.98. The molecule has 1 atom stereocenters. The largest absolute Gasteiger partial charge is 0.479 e. The summed E-state index contributed by atoms with van der Waals surface area (Å²) in [5, 5.41) is 11.2. The minimum Gasteiger partial charge on any atom is -0.479 e. The number of aliphatic carboxylic acids is 1. The quantitative estimate of drug-likeness (QED) is 0.866. The Balaban J connectivity index is 3.43. The van der Waals surface area contributed by atoms with Crippen LogP contribution in [0.3, 0.4) is 0 Å². The van der Waals surface area contributed by atoms with Gasteiger partial charge >= 0.3 is 5.97 Å². The molecule has 0 aromatic heterocycles. The molecule has 2 N–H and O–H groups in total. The van der Waals surface area contributed by atoms with Crippen molar-refractivity contribution in [3.8, 4) is 0 Å². The van der Waals surface area contributed by atoms with Crippen LogP contribution in [0.1, 0.15) is 25.0 Å². The normalized spacial score (nSPS) is 13.8. The molecule has 1 rings (SSSR count). The molecular formula is C12H13F2NO3. The summed E-state index contributed by atoms with van der Waals surface area (Å²) in [4.78, 5) is 22.2. The highest BCUT2D eigenvalue weighted by atomic mass is 19.1. The van der Waals surface area contributed by atoms with Gasteiger partial charge in [-0.25, -0.2) is 13.6 Å². The van der Waals surface area contributed by atoms with Gasteiger partial charge in [0, 0.05) is 12.5 Å². The molecule has 1 amide bonds. The van der Waals surface area contributed by atoms with E-state index < -0.39 is 34.6 Å². The first kappa shape index (κ1) is 14.1. The van der Waals surface area contributed by atoms with Crippen LogP contribution in [0.2, 0.25) is 0 Å². The molecule has 0 saturated carbocycles. The predicted molar refractivity (Wildman–Crippen MR) is 59.9 cm³/mol. The van der Waals surface area contributed by atoms with Crippen molar-refractivity contribution in [2.75, 3.05) is 0 Å². The van der Waals surface area contributed by atoms with E-state index in [1.54, 1.807) is 0 Å². The third-order valence-corrected chi connectivity index (χ3v) is 2.64. The molecule has 4 nitrogen and oxygen atoms in total. The first-order chi connectivity index (χ1) is 8.18. The van der Waals surface area contributed by atoms with Crippen LogP contribution in [0.5, 0.6) is 0 Å². The molecule has 1 aromatic carbocycles. The standard InChI is InChI=1S/C12H13F2NO3/c1-6-4-10(14)8(5-9(6)13)12(3,11(17)18)15-7(2)16/h4-5H,1-3H3,(H,15,16)(H,17,18). The Morgan fingerprint density at radius 3 is 2.28 bits per heavy atom. The number of carbonyl (C=O) groups is 2. The summed E-state index contributed by atoms with van der Waals surface area (Å²) < 4.78 is 27.2. The Morgan fingerprint density at radius 2 is 1.83 bits per heavy atom. The van der Waals surface area contributed by atoms with Crippen LogP contribution in [0.4, 0.5) is 8.78 Å². The van der Waals surface area contributed by atoms with Crippen LogP contribution in [0.15, 0.2) is 12.1 Å². The summed E-state index contributed by atoms with van der Waals surface area (Å²) in [7, 11) is 0. The molecule has 0 saturated heterocycles. The van der Waals surface area contributed by atoms with Crippen LogP contribution in [0, 0.1) is 18.6 Å². The van der Waals surface area contributed by atoms with Gasteiger partial charge in [-0.2, -0.15) is 0 Å². The molecule has 0 aliphatic rings. The second-order valence-electron chi connectivity index (χ2n) is 4.19. The van der Waals surface area contributed by atoms with Crippen molar-refractivity contribution < 1.29 is 23.5 Å². The second-order valence-corrected chi connectivity index (χ2v) is 4.19. The monoisotopic (exact) mass is 257 g/mol. The zero-order valence-electron chi connectivity index (χ0n) is 10.2. The van der Waals surface area contributed by atoms with E-state index in [1.165, 1.54) is 6.92 Å². The highest BCUT2D eigenvalue weighted by Crippen LogP contribution is 2.26. The third kappa shape index (κ3) is 2.47. The first-order valence-electron chi connectivity index (χ1n) is 5.16. The number of rotatable bonds is 3. The summed E-state index contributed by atoms with van der Waals surface area (Å²) in [6.45, 7) is 3.56. The molecule has 6 heteroatoms.